The second kappa shape index (κ2) is 11.1. The number of likely N-dealkylation sites (tertiary alicyclic amines) is 1. The molecule has 1 aromatic carbocycles. The van der Waals surface area contributed by atoms with Gasteiger partial charge in [-0.05, 0) is 56.4 Å². The van der Waals surface area contributed by atoms with Crippen molar-refractivity contribution in [1.29, 1.82) is 0 Å². The highest BCUT2D eigenvalue weighted by atomic mass is 19.4. The number of nitrogens with one attached hydrogen (secondary N) is 1. The normalized spacial score (nSPS) is 19.1. The van der Waals surface area contributed by atoms with Crippen molar-refractivity contribution in [1.82, 2.24) is 30.0 Å². The smallest absolute Gasteiger partial charge is 0.433 e. The molecule has 2 amide bonds. The number of amides is 2. The summed E-state index contributed by atoms with van der Waals surface area (Å²) in [6.45, 7) is 2.77. The third-order valence-electron chi connectivity index (χ3n) is 7.42. The highest BCUT2D eigenvalue weighted by Crippen LogP contribution is 2.42. The Bertz CT molecular complexity index is 1510. The van der Waals surface area contributed by atoms with Crippen LogP contribution in [-0.4, -0.2) is 75.4 Å². The minimum absolute atomic E-state index is 0.0414. The van der Waals surface area contributed by atoms with E-state index in [0.717, 1.165) is 18.9 Å². The molecule has 2 fully saturated rings. The number of alkyl halides is 3. The lowest BCUT2D eigenvalue weighted by atomic mass is 9.76. The summed E-state index contributed by atoms with van der Waals surface area (Å²) in [7, 11) is 10.9. The monoisotopic (exact) mass is 578 g/mol. The fourth-order valence-corrected chi connectivity index (χ4v) is 5.30. The van der Waals surface area contributed by atoms with E-state index < -0.39 is 47.9 Å². The number of nitrogens with zero attached hydrogens (tertiary/aromatic N) is 5. The van der Waals surface area contributed by atoms with Crippen LogP contribution >= 0.6 is 0 Å². The minimum atomic E-state index is -4.70. The molecule has 1 aliphatic heterocycles. The van der Waals surface area contributed by atoms with E-state index in [4.69, 9.17) is 20.4 Å². The molecule has 2 aromatic heterocycles. The first-order chi connectivity index (χ1) is 19.7. The molecular formula is C27H27B2F3N6O4. The Hall–Kier alpha value is -3.87. The second-order valence-corrected chi connectivity index (χ2v) is 10.6. The van der Waals surface area contributed by atoms with Crippen LogP contribution in [0.4, 0.5) is 13.2 Å². The van der Waals surface area contributed by atoms with E-state index in [1.807, 2.05) is 0 Å². The van der Waals surface area contributed by atoms with Crippen molar-refractivity contribution in [3.8, 4) is 5.75 Å². The Morgan fingerprint density at radius 2 is 1.86 bits per heavy atom. The van der Waals surface area contributed by atoms with Gasteiger partial charge in [0, 0.05) is 24.9 Å². The van der Waals surface area contributed by atoms with Gasteiger partial charge in [0.05, 0.1) is 23.5 Å². The first-order valence-electron chi connectivity index (χ1n) is 13.3. The van der Waals surface area contributed by atoms with Crippen molar-refractivity contribution in [2.24, 2.45) is 0 Å². The summed E-state index contributed by atoms with van der Waals surface area (Å²) >= 11 is 0. The van der Waals surface area contributed by atoms with Crippen LogP contribution in [0.15, 0.2) is 36.7 Å². The van der Waals surface area contributed by atoms with Gasteiger partial charge in [0.2, 0.25) is 5.91 Å². The first kappa shape index (κ1) is 29.6. The largest absolute Gasteiger partial charge is 0.481 e. The van der Waals surface area contributed by atoms with Crippen LogP contribution in [-0.2, 0) is 17.5 Å². The standard InChI is InChI=1S/C27H27B2F3N6O4/c1-14-17(4-3-5-20(14)42-27(28,29)41)24-18(35-25(40)23-15(2)33-9-10-34-23)8-11-37(24)22(39)13-38-21(26(30,31)32)12-19(36-38)16-6-7-16/h3-5,9-10,12,16,18,24,41H,6-8,11,13H2,1-2H3,(H,35,40)/t18?,24-/m1/s1. The molecule has 5 rings (SSSR count). The maximum Gasteiger partial charge on any atom is 0.433 e. The first-order valence-corrected chi connectivity index (χ1v) is 13.3. The lowest BCUT2D eigenvalue weighted by molar-refractivity contribution is -0.146. The van der Waals surface area contributed by atoms with E-state index in [1.165, 1.54) is 23.4 Å². The Morgan fingerprint density at radius 1 is 1.14 bits per heavy atom. The maximum absolute atomic E-state index is 13.8. The number of halogens is 3. The van der Waals surface area contributed by atoms with Gasteiger partial charge in [0.1, 0.15) is 29.3 Å². The van der Waals surface area contributed by atoms with Gasteiger partial charge in [-0.25, -0.2) is 4.98 Å². The minimum Gasteiger partial charge on any atom is -0.481 e. The summed E-state index contributed by atoms with van der Waals surface area (Å²) in [6, 6.07) is 4.32. The van der Waals surface area contributed by atoms with Gasteiger partial charge in [-0.3, -0.25) is 19.3 Å². The van der Waals surface area contributed by atoms with E-state index >= 15 is 0 Å². The molecule has 2 aliphatic rings. The van der Waals surface area contributed by atoms with Gasteiger partial charge in [-0.1, -0.05) is 12.1 Å². The molecule has 1 unspecified atom stereocenters. The molecule has 1 saturated carbocycles. The van der Waals surface area contributed by atoms with Gasteiger partial charge in [0.25, 0.3) is 5.91 Å². The summed E-state index contributed by atoms with van der Waals surface area (Å²) in [5.74, 6) is -1.06. The molecule has 42 heavy (non-hydrogen) atoms. The number of ether oxygens (including phenoxy) is 1. The Kier molecular flexibility index (Phi) is 7.82. The highest BCUT2D eigenvalue weighted by Gasteiger charge is 2.43. The van der Waals surface area contributed by atoms with E-state index in [1.54, 1.807) is 26.0 Å². The van der Waals surface area contributed by atoms with Crippen molar-refractivity contribution in [2.45, 2.75) is 69.4 Å². The predicted octanol–water partition coefficient (Wildman–Crippen LogP) is 2.28. The Labute approximate surface area is 242 Å². The molecule has 1 aliphatic carbocycles. The number of aliphatic hydroxyl groups is 1. The van der Waals surface area contributed by atoms with Gasteiger partial charge in [-0.2, -0.15) is 18.3 Å². The highest BCUT2D eigenvalue weighted by molar-refractivity contribution is 6.37. The number of aryl methyl sites for hydroxylation is 1. The third kappa shape index (κ3) is 6.30. The summed E-state index contributed by atoms with van der Waals surface area (Å²) in [5, 5.41) is 16.9. The average molecular weight is 578 g/mol. The number of aromatic nitrogens is 4. The summed E-state index contributed by atoms with van der Waals surface area (Å²) in [4.78, 5) is 36.5. The molecular weight excluding hydrogens is 551 g/mol. The van der Waals surface area contributed by atoms with Gasteiger partial charge >= 0.3 is 6.18 Å². The van der Waals surface area contributed by atoms with E-state index in [9.17, 15) is 27.9 Å². The number of carbonyl (C=O) groups is 2. The molecule has 2 N–H and O–H groups in total. The second-order valence-electron chi connectivity index (χ2n) is 10.6. The zero-order chi connectivity index (χ0) is 30.4. The third-order valence-corrected chi connectivity index (χ3v) is 7.42. The molecule has 2 atom stereocenters. The van der Waals surface area contributed by atoms with Crippen LogP contribution in [0, 0.1) is 13.8 Å². The van der Waals surface area contributed by atoms with E-state index in [2.05, 4.69) is 20.4 Å². The number of hydrogen-bond donors (Lipinski definition) is 2. The summed E-state index contributed by atoms with van der Waals surface area (Å²) in [6.07, 6.45) is -0.0620. The summed E-state index contributed by atoms with van der Waals surface area (Å²) < 4.78 is 47.5. The van der Waals surface area contributed by atoms with Crippen LogP contribution in [0.3, 0.4) is 0 Å². The molecule has 0 bridgehead atoms. The number of carbonyl (C=O) groups excluding carboxylic acids is 2. The van der Waals surface area contributed by atoms with Crippen molar-refractivity contribution in [3.05, 3.63) is 70.6 Å². The molecule has 3 heterocycles. The van der Waals surface area contributed by atoms with Crippen molar-refractivity contribution in [2.75, 3.05) is 6.54 Å². The van der Waals surface area contributed by atoms with Crippen LogP contribution in [0.1, 0.15) is 69.9 Å². The molecule has 3 aromatic rings. The van der Waals surface area contributed by atoms with Crippen LogP contribution in [0.2, 0.25) is 0 Å². The van der Waals surface area contributed by atoms with Gasteiger partial charge in [-0.15, -0.1) is 0 Å². The SMILES string of the molecule is [B]C([B])(O)Oc1cccc([C@@H]2C(NC(=O)c3nccnc3C)CCN2C(=O)Cn2nc(C3CC3)cc2C(F)(F)F)c1C. The number of rotatable bonds is 8. The molecule has 15 heteroatoms. The quantitative estimate of drug-likeness (QED) is 0.311. The van der Waals surface area contributed by atoms with Crippen LogP contribution < -0.4 is 10.1 Å². The number of benzene rings is 1. The predicted molar refractivity (Wildman–Crippen MR) is 145 cm³/mol. The molecule has 4 radical (unpaired) electrons. The van der Waals surface area contributed by atoms with Crippen LogP contribution in [0.25, 0.3) is 0 Å². The molecule has 1 saturated heterocycles. The van der Waals surface area contributed by atoms with Crippen molar-refractivity contribution >= 4 is 27.5 Å². The van der Waals surface area contributed by atoms with Gasteiger partial charge < -0.3 is 20.1 Å². The van der Waals surface area contributed by atoms with E-state index in [0.29, 0.717) is 33.6 Å². The number of hydrogen-bond acceptors (Lipinski definition) is 7. The molecule has 216 valence electrons. The lowest BCUT2D eigenvalue weighted by Gasteiger charge is -2.32. The Balaban J connectivity index is 1.49. The topological polar surface area (TPSA) is 122 Å². The molecule has 10 nitrogen and oxygen atoms in total. The van der Waals surface area contributed by atoms with Crippen LogP contribution in [0.5, 0.6) is 5.75 Å². The molecule has 0 spiro atoms. The zero-order valence-electron chi connectivity index (χ0n) is 22.9. The van der Waals surface area contributed by atoms with Crippen molar-refractivity contribution in [3.63, 3.8) is 0 Å². The zero-order valence-corrected chi connectivity index (χ0v) is 22.9. The fraction of sp³-hybridized carbons (Fsp3) is 0.444. The van der Waals surface area contributed by atoms with E-state index in [-0.39, 0.29) is 23.9 Å². The fourth-order valence-electron chi connectivity index (χ4n) is 5.30. The average Bonchev–Trinajstić information content (AvgIpc) is 3.53. The summed E-state index contributed by atoms with van der Waals surface area (Å²) in [5.41, 5.74) is -1.69. The maximum atomic E-state index is 13.8. The Morgan fingerprint density at radius 3 is 2.50 bits per heavy atom. The lowest BCUT2D eigenvalue weighted by Crippen LogP contribution is -2.43. The van der Waals surface area contributed by atoms with Crippen molar-refractivity contribution < 1.29 is 32.6 Å². The van der Waals surface area contributed by atoms with Gasteiger partial charge in [0.15, 0.2) is 15.7 Å².